The van der Waals surface area contributed by atoms with Crippen molar-refractivity contribution in [1.29, 1.82) is 0 Å². The Balaban J connectivity index is 1.52. The smallest absolute Gasteiger partial charge is 0.407 e. The van der Waals surface area contributed by atoms with E-state index in [0.717, 1.165) is 66.5 Å². The highest BCUT2D eigenvalue weighted by atomic mass is 28.4. The highest BCUT2D eigenvalue weighted by molar-refractivity contribution is 6.74. The molecule has 2 aromatic rings. The zero-order valence-corrected chi connectivity index (χ0v) is 25.4. The molecule has 2 heterocycles. The van der Waals surface area contributed by atoms with E-state index in [1.165, 1.54) is 4.90 Å². The standard InChI is InChI=1S/C30H44N2O6Si/c1-29(2,3)39(5,6)37-20-24-26(36-21-30(15-16-30)14-7-19-35-4)11-9-23-25(31-38-27(23)24)10-8-22-12-17-32(18-13-22)28(33)34/h9,11,22H,8,10,12-13,15-21H2,1-6H3,(H,33,34). The number of hydrogen-bond acceptors (Lipinski definition) is 6. The Morgan fingerprint density at radius 3 is 2.59 bits per heavy atom. The van der Waals surface area contributed by atoms with E-state index in [1.807, 2.05) is 6.07 Å². The summed E-state index contributed by atoms with van der Waals surface area (Å²) in [5.41, 5.74) is 2.48. The van der Waals surface area contributed by atoms with Crippen molar-refractivity contribution in [3.05, 3.63) is 23.4 Å². The molecule has 4 rings (SSSR count). The van der Waals surface area contributed by atoms with Crippen LogP contribution in [0.1, 0.15) is 64.1 Å². The van der Waals surface area contributed by atoms with Crippen LogP contribution in [0.4, 0.5) is 4.79 Å². The van der Waals surface area contributed by atoms with Crippen LogP contribution < -0.4 is 4.74 Å². The van der Waals surface area contributed by atoms with Gasteiger partial charge in [0, 0.05) is 25.6 Å². The number of aromatic nitrogens is 1. The van der Waals surface area contributed by atoms with E-state index < -0.39 is 14.4 Å². The van der Waals surface area contributed by atoms with Crippen LogP contribution >= 0.6 is 0 Å². The minimum absolute atomic E-state index is 0.0831. The van der Waals surface area contributed by atoms with E-state index in [2.05, 4.69) is 56.9 Å². The second-order valence-electron chi connectivity index (χ2n) is 12.7. The maximum absolute atomic E-state index is 11.2. The summed E-state index contributed by atoms with van der Waals surface area (Å²) in [5, 5.41) is 14.8. The van der Waals surface area contributed by atoms with E-state index in [0.29, 0.717) is 38.8 Å². The fourth-order valence-corrected chi connectivity index (χ4v) is 5.67. The topological polar surface area (TPSA) is 94.3 Å². The monoisotopic (exact) mass is 556 g/mol. The number of benzene rings is 1. The van der Waals surface area contributed by atoms with Gasteiger partial charge in [-0.05, 0) is 74.7 Å². The number of carboxylic acid groups (broad SMARTS) is 1. The van der Waals surface area contributed by atoms with E-state index in [9.17, 15) is 9.90 Å². The number of rotatable bonds is 10. The summed E-state index contributed by atoms with van der Waals surface area (Å²) < 4.78 is 24.1. The number of fused-ring (bicyclic) bond motifs is 1. The molecule has 214 valence electrons. The SMILES string of the molecule is COCC#CC1(COc2ccc3c(CCC4CCN(C(=O)O)CC4)noc3c2CO[Si](C)(C)C(C)(C)C)CC1. The van der Waals surface area contributed by atoms with Gasteiger partial charge in [0.05, 0.1) is 23.3 Å². The molecule has 2 fully saturated rings. The van der Waals surface area contributed by atoms with Crippen LogP contribution in [-0.2, 0) is 22.2 Å². The van der Waals surface area contributed by atoms with Crippen molar-refractivity contribution >= 4 is 25.4 Å². The van der Waals surface area contributed by atoms with Crippen molar-refractivity contribution in [3.63, 3.8) is 0 Å². The number of nitrogens with zero attached hydrogens (tertiary/aromatic N) is 2. The lowest BCUT2D eigenvalue weighted by Crippen LogP contribution is -2.40. The Morgan fingerprint density at radius 2 is 1.97 bits per heavy atom. The maximum atomic E-state index is 11.2. The fraction of sp³-hybridized carbons (Fsp3) is 0.667. The van der Waals surface area contributed by atoms with Crippen LogP contribution in [0.3, 0.4) is 0 Å². The van der Waals surface area contributed by atoms with Gasteiger partial charge in [0.25, 0.3) is 0 Å². The summed E-state index contributed by atoms with van der Waals surface area (Å²) in [5.74, 6) is 7.70. The lowest BCUT2D eigenvalue weighted by atomic mass is 9.91. The summed E-state index contributed by atoms with van der Waals surface area (Å²) in [6.45, 7) is 13.8. The van der Waals surface area contributed by atoms with E-state index in [4.69, 9.17) is 18.4 Å². The molecule has 39 heavy (non-hydrogen) atoms. The number of likely N-dealkylation sites (tertiary alicyclic amines) is 1. The number of carbonyl (C=O) groups is 1. The number of piperidine rings is 1. The number of amides is 1. The second kappa shape index (κ2) is 11.9. The van der Waals surface area contributed by atoms with Gasteiger partial charge in [-0.25, -0.2) is 4.79 Å². The molecular formula is C30H44N2O6Si. The van der Waals surface area contributed by atoms with Gasteiger partial charge in [-0.15, -0.1) is 0 Å². The van der Waals surface area contributed by atoms with Crippen LogP contribution in [0.25, 0.3) is 11.0 Å². The molecule has 0 atom stereocenters. The van der Waals surface area contributed by atoms with Crippen LogP contribution in [0.2, 0.25) is 18.1 Å². The normalized spacial score (nSPS) is 17.6. The Morgan fingerprint density at radius 1 is 1.26 bits per heavy atom. The lowest BCUT2D eigenvalue weighted by Gasteiger charge is -2.36. The first-order valence-electron chi connectivity index (χ1n) is 14.1. The molecule has 0 bridgehead atoms. The molecule has 1 N–H and O–H groups in total. The summed E-state index contributed by atoms with van der Waals surface area (Å²) >= 11 is 0. The van der Waals surface area contributed by atoms with Gasteiger partial charge >= 0.3 is 6.09 Å². The van der Waals surface area contributed by atoms with Crippen molar-refractivity contribution in [1.82, 2.24) is 10.1 Å². The molecule has 1 saturated carbocycles. The van der Waals surface area contributed by atoms with Gasteiger partial charge in [0.2, 0.25) is 0 Å². The summed E-state index contributed by atoms with van der Waals surface area (Å²) in [4.78, 5) is 12.7. The number of aryl methyl sites for hydroxylation is 1. The molecular weight excluding hydrogens is 512 g/mol. The van der Waals surface area contributed by atoms with Gasteiger partial charge in [0.15, 0.2) is 13.9 Å². The molecule has 1 amide bonds. The molecule has 0 unspecified atom stereocenters. The van der Waals surface area contributed by atoms with Crippen LogP contribution in [0.15, 0.2) is 16.7 Å². The Labute approximate surface area is 233 Å². The molecule has 1 aliphatic heterocycles. The third-order valence-corrected chi connectivity index (χ3v) is 13.2. The van der Waals surface area contributed by atoms with Crippen molar-refractivity contribution in [2.75, 3.05) is 33.4 Å². The zero-order valence-electron chi connectivity index (χ0n) is 24.4. The second-order valence-corrected chi connectivity index (χ2v) is 17.5. The first kappa shape index (κ1) is 29.4. The molecule has 1 saturated heterocycles. The fourth-order valence-electron chi connectivity index (χ4n) is 4.73. The van der Waals surface area contributed by atoms with Crippen molar-refractivity contribution in [2.45, 2.75) is 84.0 Å². The predicted octanol–water partition coefficient (Wildman–Crippen LogP) is 6.48. The number of ether oxygens (including phenoxy) is 2. The first-order chi connectivity index (χ1) is 18.4. The van der Waals surface area contributed by atoms with Gasteiger partial charge in [-0.3, -0.25) is 0 Å². The number of hydrogen-bond donors (Lipinski definition) is 1. The third-order valence-electron chi connectivity index (χ3n) is 8.76. The van der Waals surface area contributed by atoms with Crippen LogP contribution in [0.5, 0.6) is 5.75 Å². The van der Waals surface area contributed by atoms with Crippen molar-refractivity contribution in [3.8, 4) is 17.6 Å². The summed E-state index contributed by atoms with van der Waals surface area (Å²) in [7, 11) is -0.356. The first-order valence-corrected chi connectivity index (χ1v) is 17.0. The van der Waals surface area contributed by atoms with Gasteiger partial charge in [-0.1, -0.05) is 37.8 Å². The molecule has 1 aromatic carbocycles. The van der Waals surface area contributed by atoms with Gasteiger partial charge < -0.3 is 28.4 Å². The minimum atomic E-state index is -2.01. The largest absolute Gasteiger partial charge is 0.491 e. The maximum Gasteiger partial charge on any atom is 0.407 e. The third kappa shape index (κ3) is 7.16. The molecule has 0 radical (unpaired) electrons. The highest BCUT2D eigenvalue weighted by Crippen LogP contribution is 2.46. The minimum Gasteiger partial charge on any atom is -0.491 e. The zero-order chi connectivity index (χ0) is 28.3. The highest BCUT2D eigenvalue weighted by Gasteiger charge is 2.42. The number of methoxy groups -OCH3 is 1. The van der Waals surface area contributed by atoms with Gasteiger partial charge in [0.1, 0.15) is 19.0 Å². The average Bonchev–Trinajstić information content (AvgIpc) is 3.54. The predicted molar refractivity (Wildman–Crippen MR) is 153 cm³/mol. The van der Waals surface area contributed by atoms with E-state index >= 15 is 0 Å². The van der Waals surface area contributed by atoms with Crippen molar-refractivity contribution in [2.24, 2.45) is 11.3 Å². The summed E-state index contributed by atoms with van der Waals surface area (Å²) in [6, 6.07) is 4.08. The van der Waals surface area contributed by atoms with E-state index in [1.54, 1.807) is 7.11 Å². The molecule has 8 nitrogen and oxygen atoms in total. The van der Waals surface area contributed by atoms with Gasteiger partial charge in [-0.2, -0.15) is 0 Å². The van der Waals surface area contributed by atoms with Crippen LogP contribution in [-0.4, -0.2) is 63.0 Å². The Bertz CT molecular complexity index is 1210. The van der Waals surface area contributed by atoms with Crippen molar-refractivity contribution < 1.29 is 28.3 Å². The quantitative estimate of drug-likeness (QED) is 0.264. The molecule has 9 heteroatoms. The van der Waals surface area contributed by atoms with Crippen LogP contribution in [0, 0.1) is 23.2 Å². The average molecular weight is 557 g/mol. The molecule has 2 aliphatic rings. The molecule has 1 aliphatic carbocycles. The molecule has 0 spiro atoms. The van der Waals surface area contributed by atoms with E-state index in [-0.39, 0.29) is 10.5 Å². The Kier molecular flexibility index (Phi) is 8.99. The Hall–Kier alpha value is -2.54. The summed E-state index contributed by atoms with van der Waals surface area (Å²) in [6.07, 6.45) is 4.77. The molecule has 1 aromatic heterocycles. The lowest BCUT2D eigenvalue weighted by molar-refractivity contribution is 0.123.